The van der Waals surface area contributed by atoms with Crippen LogP contribution in [0.1, 0.15) is 66.7 Å². The number of carbonyl (C=O) groups excluding carboxylic acids is 1. The Labute approximate surface area is 141 Å². The second-order valence-corrected chi connectivity index (χ2v) is 6.13. The number of nitriles is 1. The minimum absolute atomic E-state index is 0.316. The lowest BCUT2D eigenvalue weighted by molar-refractivity contribution is -0.145. The Morgan fingerprint density at radius 3 is 2.13 bits per heavy atom. The Bertz CT molecular complexity index is 488. The zero-order valence-electron chi connectivity index (χ0n) is 15.3. The highest BCUT2D eigenvalue weighted by molar-refractivity contribution is 5.75. The summed E-state index contributed by atoms with van der Waals surface area (Å²) in [5.41, 5.74) is 3.99. The molecule has 0 N–H and O–H groups in total. The molecule has 1 unspecified atom stereocenters. The summed E-state index contributed by atoms with van der Waals surface area (Å²) in [5.74, 6) is -1.11. The molecule has 0 bridgehead atoms. The van der Waals surface area contributed by atoms with Gasteiger partial charge in [0.05, 0.1) is 12.7 Å². The number of hydrogen-bond donors (Lipinski definition) is 0. The molecule has 0 aliphatic rings. The summed E-state index contributed by atoms with van der Waals surface area (Å²) in [4.78, 5) is 11.6. The summed E-state index contributed by atoms with van der Waals surface area (Å²) >= 11 is 0. The Kier molecular flexibility index (Phi) is 11.7. The first-order chi connectivity index (χ1) is 10.9. The van der Waals surface area contributed by atoms with Crippen molar-refractivity contribution >= 4 is 5.97 Å². The highest BCUT2D eigenvalue weighted by Crippen LogP contribution is 2.14. The smallest absolute Gasteiger partial charge is 0.323 e. The molecule has 0 aliphatic carbocycles. The first-order valence-electron chi connectivity index (χ1n) is 8.41. The number of ether oxygens (including phenoxy) is 1. The Morgan fingerprint density at radius 1 is 1.04 bits per heavy atom. The molecular formula is C20H31NO2. The molecule has 0 aromatic rings. The van der Waals surface area contributed by atoms with Crippen LogP contribution in [-0.4, -0.2) is 12.6 Å². The van der Waals surface area contributed by atoms with E-state index in [0.717, 1.165) is 25.7 Å². The fourth-order valence-corrected chi connectivity index (χ4v) is 2.10. The van der Waals surface area contributed by atoms with Crippen molar-refractivity contribution in [3.05, 3.63) is 34.9 Å². The summed E-state index contributed by atoms with van der Waals surface area (Å²) in [6.45, 7) is 10.5. The summed E-state index contributed by atoms with van der Waals surface area (Å²) in [6, 6.07) is 2.01. The van der Waals surface area contributed by atoms with Gasteiger partial charge in [0.1, 0.15) is 5.92 Å². The molecule has 0 heterocycles. The van der Waals surface area contributed by atoms with Gasteiger partial charge in [-0.25, -0.2) is 0 Å². The molecule has 0 amide bonds. The van der Waals surface area contributed by atoms with Crippen LogP contribution in [0.3, 0.4) is 0 Å². The van der Waals surface area contributed by atoms with Crippen LogP contribution in [0.4, 0.5) is 0 Å². The Hall–Kier alpha value is -1.82. The van der Waals surface area contributed by atoms with E-state index in [-0.39, 0.29) is 0 Å². The van der Waals surface area contributed by atoms with E-state index in [2.05, 4.69) is 32.9 Å². The topological polar surface area (TPSA) is 50.1 Å². The average Bonchev–Trinajstić information content (AvgIpc) is 2.47. The molecule has 128 valence electrons. The first-order valence-corrected chi connectivity index (χ1v) is 8.41. The van der Waals surface area contributed by atoms with E-state index in [9.17, 15) is 4.79 Å². The second-order valence-electron chi connectivity index (χ2n) is 6.13. The molecule has 0 aromatic heterocycles. The standard InChI is InChI=1S/C20H31NO2/c1-6-23-20(22)19(15-21)14-13-18(5)12-8-11-17(4)10-7-9-16(2)3/h9,11,13,19H,6-8,10,12,14H2,1-5H3. The van der Waals surface area contributed by atoms with Gasteiger partial charge in [-0.05, 0) is 66.7 Å². The van der Waals surface area contributed by atoms with Gasteiger partial charge >= 0.3 is 5.97 Å². The van der Waals surface area contributed by atoms with Gasteiger partial charge in [-0.2, -0.15) is 5.26 Å². The Morgan fingerprint density at radius 2 is 1.61 bits per heavy atom. The first kappa shape index (κ1) is 21.2. The van der Waals surface area contributed by atoms with Crippen LogP contribution in [0.5, 0.6) is 0 Å². The van der Waals surface area contributed by atoms with Crippen LogP contribution in [0.15, 0.2) is 34.9 Å². The van der Waals surface area contributed by atoms with Crippen molar-refractivity contribution in [3.8, 4) is 6.07 Å². The number of nitrogens with zero attached hydrogens (tertiary/aromatic N) is 1. The SMILES string of the molecule is CCOC(=O)C(C#N)CC=C(C)CCC=C(C)CCC=C(C)C. The van der Waals surface area contributed by atoms with E-state index in [4.69, 9.17) is 10.00 Å². The summed E-state index contributed by atoms with van der Waals surface area (Å²) in [7, 11) is 0. The molecule has 1 atom stereocenters. The van der Waals surface area contributed by atoms with Crippen LogP contribution < -0.4 is 0 Å². The van der Waals surface area contributed by atoms with E-state index in [1.807, 2.05) is 19.1 Å². The third-order valence-corrected chi connectivity index (χ3v) is 3.55. The maximum absolute atomic E-state index is 11.6. The number of hydrogen-bond acceptors (Lipinski definition) is 3. The zero-order valence-corrected chi connectivity index (χ0v) is 15.3. The van der Waals surface area contributed by atoms with Gasteiger partial charge in [-0.1, -0.05) is 34.9 Å². The van der Waals surface area contributed by atoms with Crippen LogP contribution in [0, 0.1) is 17.2 Å². The molecule has 0 radical (unpaired) electrons. The van der Waals surface area contributed by atoms with Crippen LogP contribution in [0.25, 0.3) is 0 Å². The van der Waals surface area contributed by atoms with Crippen molar-refractivity contribution in [3.63, 3.8) is 0 Å². The van der Waals surface area contributed by atoms with Crippen molar-refractivity contribution in [2.45, 2.75) is 66.7 Å². The number of rotatable bonds is 10. The van der Waals surface area contributed by atoms with Crippen molar-refractivity contribution in [1.82, 2.24) is 0 Å². The monoisotopic (exact) mass is 317 g/mol. The Balaban J connectivity index is 4.22. The van der Waals surface area contributed by atoms with Crippen LogP contribution in [-0.2, 0) is 9.53 Å². The van der Waals surface area contributed by atoms with Gasteiger partial charge in [0.15, 0.2) is 0 Å². The van der Waals surface area contributed by atoms with Gasteiger partial charge in [0.2, 0.25) is 0 Å². The fraction of sp³-hybridized carbons (Fsp3) is 0.600. The summed E-state index contributed by atoms with van der Waals surface area (Å²) in [6.07, 6.45) is 11.1. The van der Waals surface area contributed by atoms with Gasteiger partial charge in [0.25, 0.3) is 0 Å². The lowest BCUT2D eigenvalue weighted by Crippen LogP contribution is -2.15. The molecule has 0 aromatic carbocycles. The maximum Gasteiger partial charge on any atom is 0.323 e. The van der Waals surface area contributed by atoms with Gasteiger partial charge in [-0.3, -0.25) is 4.79 Å². The molecule has 3 heteroatoms. The van der Waals surface area contributed by atoms with Crippen molar-refractivity contribution < 1.29 is 9.53 Å². The molecular weight excluding hydrogens is 286 g/mol. The molecule has 23 heavy (non-hydrogen) atoms. The maximum atomic E-state index is 11.6. The predicted octanol–water partition coefficient (Wildman–Crippen LogP) is 5.50. The molecule has 3 nitrogen and oxygen atoms in total. The third-order valence-electron chi connectivity index (χ3n) is 3.55. The lowest BCUT2D eigenvalue weighted by atomic mass is 10.0. The van der Waals surface area contributed by atoms with Crippen LogP contribution >= 0.6 is 0 Å². The molecule has 0 fully saturated rings. The minimum atomic E-state index is -0.689. The van der Waals surface area contributed by atoms with E-state index >= 15 is 0 Å². The average molecular weight is 317 g/mol. The third kappa shape index (κ3) is 11.4. The highest BCUT2D eigenvalue weighted by atomic mass is 16.5. The highest BCUT2D eigenvalue weighted by Gasteiger charge is 2.17. The van der Waals surface area contributed by atoms with Crippen LogP contribution in [0.2, 0.25) is 0 Å². The minimum Gasteiger partial charge on any atom is -0.465 e. The van der Waals surface area contributed by atoms with E-state index < -0.39 is 11.9 Å². The number of esters is 1. The molecule has 0 saturated heterocycles. The predicted molar refractivity (Wildman–Crippen MR) is 95.8 cm³/mol. The van der Waals surface area contributed by atoms with Crippen molar-refractivity contribution in [1.29, 1.82) is 5.26 Å². The van der Waals surface area contributed by atoms with Crippen molar-refractivity contribution in [2.75, 3.05) is 6.61 Å². The number of allylic oxidation sites excluding steroid dienone is 6. The quantitative estimate of drug-likeness (QED) is 0.395. The van der Waals surface area contributed by atoms with E-state index in [0.29, 0.717) is 13.0 Å². The molecule has 0 saturated carbocycles. The molecule has 0 rings (SSSR count). The second kappa shape index (κ2) is 12.7. The van der Waals surface area contributed by atoms with E-state index in [1.165, 1.54) is 16.7 Å². The van der Waals surface area contributed by atoms with E-state index in [1.54, 1.807) is 6.92 Å². The summed E-state index contributed by atoms with van der Waals surface area (Å²) < 4.78 is 4.89. The van der Waals surface area contributed by atoms with Crippen molar-refractivity contribution in [2.24, 2.45) is 5.92 Å². The zero-order chi connectivity index (χ0) is 17.7. The summed E-state index contributed by atoms with van der Waals surface area (Å²) in [5, 5.41) is 9.01. The van der Waals surface area contributed by atoms with Gasteiger partial charge < -0.3 is 4.74 Å². The molecule has 0 spiro atoms. The van der Waals surface area contributed by atoms with Gasteiger partial charge in [0, 0.05) is 0 Å². The normalized spacial score (nSPS) is 13.2. The fourth-order valence-electron chi connectivity index (χ4n) is 2.10. The number of carbonyl (C=O) groups is 1. The largest absolute Gasteiger partial charge is 0.465 e. The van der Waals surface area contributed by atoms with Gasteiger partial charge in [-0.15, -0.1) is 0 Å². The molecule has 0 aliphatic heterocycles. The lowest BCUT2D eigenvalue weighted by Gasteiger charge is -2.06.